The summed E-state index contributed by atoms with van der Waals surface area (Å²) < 4.78 is 4.50. The normalized spacial score (nSPS) is 8.50. The largest absolute Gasteiger partial charge is 0.499 e. The number of aliphatic hydroxyl groups is 1. The molecule has 78 valence electrons. The molecule has 0 unspecified atom stereocenters. The van der Waals surface area contributed by atoms with E-state index in [9.17, 15) is 0 Å². The van der Waals surface area contributed by atoms with Crippen molar-refractivity contribution in [2.24, 2.45) is 0 Å². The molecule has 0 saturated carbocycles. The van der Waals surface area contributed by atoms with Crippen LogP contribution < -0.4 is 0 Å². The molecule has 0 heterocycles. The summed E-state index contributed by atoms with van der Waals surface area (Å²) in [5.41, 5.74) is 2.66. The number of hydrogen-bond donors (Lipinski definition) is 1. The van der Waals surface area contributed by atoms with Gasteiger partial charge in [-0.25, -0.2) is 0 Å². The van der Waals surface area contributed by atoms with E-state index >= 15 is 0 Å². The number of ether oxygens (including phenoxy) is 1. The smallest absolute Gasteiger partial charge is 0.110 e. The molecule has 0 aliphatic rings. The molecule has 1 N–H and O–H groups in total. The first-order valence-corrected chi connectivity index (χ1v) is 4.57. The molecule has 1 aromatic rings. The Labute approximate surface area is 85.8 Å². The molecule has 0 aliphatic carbocycles. The predicted molar refractivity (Wildman–Crippen MR) is 59.2 cm³/mol. The number of rotatable bonds is 3. The number of hydrogen-bond acceptors (Lipinski definition) is 2. The van der Waals surface area contributed by atoms with Crippen LogP contribution in [0.1, 0.15) is 11.1 Å². The minimum atomic E-state index is 0.0615. The van der Waals surface area contributed by atoms with Crippen LogP contribution in [0.2, 0.25) is 0 Å². The van der Waals surface area contributed by atoms with Gasteiger partial charge in [0.2, 0.25) is 0 Å². The first kappa shape index (κ1) is 12.7. The van der Waals surface area contributed by atoms with Crippen molar-refractivity contribution < 1.29 is 9.84 Å². The van der Waals surface area contributed by atoms with Crippen LogP contribution in [0.25, 0.3) is 0 Å². The van der Waals surface area contributed by atoms with Crippen LogP contribution in [0.3, 0.4) is 0 Å². The summed E-state index contributed by atoms with van der Waals surface area (Å²) in [6.45, 7) is 7.87. The molecule has 2 heteroatoms. The van der Waals surface area contributed by atoms with E-state index in [1.54, 1.807) is 0 Å². The van der Waals surface area contributed by atoms with Crippen LogP contribution in [-0.2, 0) is 4.74 Å². The summed E-state index contributed by atoms with van der Waals surface area (Å²) in [6.07, 6.45) is 1.30. The Morgan fingerprint density at radius 2 is 1.64 bits per heavy atom. The van der Waals surface area contributed by atoms with Crippen molar-refractivity contribution in [1.82, 2.24) is 0 Å². The summed E-state index contributed by atoms with van der Waals surface area (Å²) in [4.78, 5) is 0. The topological polar surface area (TPSA) is 29.5 Å². The van der Waals surface area contributed by atoms with Crippen LogP contribution in [0, 0.1) is 13.8 Å². The van der Waals surface area contributed by atoms with Gasteiger partial charge in [0, 0.05) is 0 Å². The summed E-state index contributed by atoms with van der Waals surface area (Å²) in [7, 11) is 0. The lowest BCUT2D eigenvalue weighted by Crippen LogP contribution is -1.90. The minimum Gasteiger partial charge on any atom is -0.499 e. The van der Waals surface area contributed by atoms with Crippen molar-refractivity contribution in [3.63, 3.8) is 0 Å². The van der Waals surface area contributed by atoms with Gasteiger partial charge in [-0.05, 0) is 13.8 Å². The van der Waals surface area contributed by atoms with E-state index in [0.717, 1.165) is 0 Å². The van der Waals surface area contributed by atoms with Crippen LogP contribution in [0.5, 0.6) is 0 Å². The molecule has 0 fully saturated rings. The molecule has 0 atom stereocenters. The number of benzene rings is 1. The average molecular weight is 194 g/mol. The van der Waals surface area contributed by atoms with E-state index in [1.165, 1.54) is 17.4 Å². The van der Waals surface area contributed by atoms with E-state index in [4.69, 9.17) is 5.11 Å². The maximum atomic E-state index is 8.02. The summed E-state index contributed by atoms with van der Waals surface area (Å²) in [5, 5.41) is 8.02. The standard InChI is InChI=1S/C8H10.C4H8O2/c1-7-3-5-8(2)6-4-7;1-2-6-4-3-5/h3-6H,1-2H3;2,5H,1,3-4H2. The third kappa shape index (κ3) is 7.37. The molecule has 0 spiro atoms. The Hall–Kier alpha value is -1.28. The van der Waals surface area contributed by atoms with E-state index in [2.05, 4.69) is 49.4 Å². The van der Waals surface area contributed by atoms with E-state index in [0.29, 0.717) is 6.61 Å². The lowest BCUT2D eigenvalue weighted by atomic mass is 10.2. The molecule has 0 amide bonds. The highest BCUT2D eigenvalue weighted by Crippen LogP contribution is 1.99. The van der Waals surface area contributed by atoms with Gasteiger partial charge >= 0.3 is 0 Å². The molecular weight excluding hydrogens is 176 g/mol. The third-order valence-electron chi connectivity index (χ3n) is 1.55. The second kappa shape index (κ2) is 8.32. The van der Waals surface area contributed by atoms with Crippen LogP contribution >= 0.6 is 0 Å². The van der Waals surface area contributed by atoms with Crippen LogP contribution in [0.4, 0.5) is 0 Å². The van der Waals surface area contributed by atoms with E-state index < -0.39 is 0 Å². The first-order valence-electron chi connectivity index (χ1n) is 4.57. The van der Waals surface area contributed by atoms with Gasteiger partial charge in [0.1, 0.15) is 6.61 Å². The fraction of sp³-hybridized carbons (Fsp3) is 0.333. The van der Waals surface area contributed by atoms with Crippen molar-refractivity contribution >= 4 is 0 Å². The van der Waals surface area contributed by atoms with Crippen molar-refractivity contribution in [2.75, 3.05) is 13.2 Å². The van der Waals surface area contributed by atoms with Gasteiger partial charge in [-0.3, -0.25) is 0 Å². The van der Waals surface area contributed by atoms with Crippen LogP contribution in [-0.4, -0.2) is 18.3 Å². The Bertz CT molecular complexity index is 218. The molecule has 0 aromatic heterocycles. The lowest BCUT2D eigenvalue weighted by molar-refractivity contribution is 0.166. The Morgan fingerprint density at radius 3 is 1.86 bits per heavy atom. The van der Waals surface area contributed by atoms with E-state index in [-0.39, 0.29) is 6.61 Å². The molecule has 0 saturated heterocycles. The SMILES string of the molecule is C=COCCO.Cc1ccc(C)cc1. The van der Waals surface area contributed by atoms with Crippen molar-refractivity contribution in [3.05, 3.63) is 48.2 Å². The highest BCUT2D eigenvalue weighted by Gasteiger charge is 1.79. The quantitative estimate of drug-likeness (QED) is 0.591. The summed E-state index contributed by atoms with van der Waals surface area (Å²) in [6, 6.07) is 8.48. The zero-order valence-corrected chi connectivity index (χ0v) is 8.86. The molecule has 1 aromatic carbocycles. The first-order chi connectivity index (χ1) is 6.70. The maximum Gasteiger partial charge on any atom is 0.110 e. The molecule has 2 nitrogen and oxygen atoms in total. The minimum absolute atomic E-state index is 0.0615. The molecule has 0 radical (unpaired) electrons. The number of aliphatic hydroxyl groups excluding tert-OH is 1. The zero-order valence-electron chi connectivity index (χ0n) is 8.86. The monoisotopic (exact) mass is 194 g/mol. The predicted octanol–water partition coefficient (Wildman–Crippen LogP) is 2.44. The molecule has 1 rings (SSSR count). The van der Waals surface area contributed by atoms with Gasteiger partial charge < -0.3 is 9.84 Å². The lowest BCUT2D eigenvalue weighted by Gasteiger charge is -1.90. The highest BCUT2D eigenvalue weighted by molar-refractivity contribution is 5.19. The summed E-state index contributed by atoms with van der Waals surface area (Å²) >= 11 is 0. The van der Waals surface area contributed by atoms with Gasteiger partial charge in [0.15, 0.2) is 0 Å². The van der Waals surface area contributed by atoms with E-state index in [1.807, 2.05) is 0 Å². The van der Waals surface area contributed by atoms with Gasteiger partial charge in [-0.15, -0.1) is 0 Å². The van der Waals surface area contributed by atoms with Crippen molar-refractivity contribution in [3.8, 4) is 0 Å². The van der Waals surface area contributed by atoms with Gasteiger partial charge in [-0.1, -0.05) is 42.0 Å². The van der Waals surface area contributed by atoms with Gasteiger partial charge in [0.25, 0.3) is 0 Å². The Kier molecular flexibility index (Phi) is 7.56. The van der Waals surface area contributed by atoms with Crippen molar-refractivity contribution in [2.45, 2.75) is 13.8 Å². The second-order valence-electron chi connectivity index (χ2n) is 2.92. The Morgan fingerprint density at radius 1 is 1.21 bits per heavy atom. The maximum absolute atomic E-state index is 8.02. The Balaban J connectivity index is 0.000000255. The number of aryl methyl sites for hydroxylation is 2. The summed E-state index contributed by atoms with van der Waals surface area (Å²) in [5.74, 6) is 0. The van der Waals surface area contributed by atoms with Crippen LogP contribution in [0.15, 0.2) is 37.1 Å². The zero-order chi connectivity index (χ0) is 10.8. The molecular formula is C12H18O2. The van der Waals surface area contributed by atoms with Crippen molar-refractivity contribution in [1.29, 1.82) is 0 Å². The fourth-order valence-electron chi connectivity index (χ4n) is 0.773. The molecule has 0 bridgehead atoms. The third-order valence-corrected chi connectivity index (χ3v) is 1.55. The average Bonchev–Trinajstić information content (AvgIpc) is 2.20. The highest BCUT2D eigenvalue weighted by atomic mass is 16.5. The second-order valence-corrected chi connectivity index (χ2v) is 2.92. The molecule has 0 aliphatic heterocycles. The molecule has 14 heavy (non-hydrogen) atoms. The van der Waals surface area contributed by atoms with Gasteiger partial charge in [0.05, 0.1) is 12.9 Å². The fourth-order valence-corrected chi connectivity index (χ4v) is 0.773. The van der Waals surface area contributed by atoms with Gasteiger partial charge in [-0.2, -0.15) is 0 Å².